The van der Waals surface area contributed by atoms with E-state index in [1.165, 1.54) is 13.4 Å². The van der Waals surface area contributed by atoms with Crippen molar-refractivity contribution in [3.05, 3.63) is 77.0 Å². The van der Waals surface area contributed by atoms with Gasteiger partial charge in [-0.1, -0.05) is 24.3 Å². The highest BCUT2D eigenvalue weighted by molar-refractivity contribution is 5.88. The molecule has 126 valence electrons. The van der Waals surface area contributed by atoms with E-state index >= 15 is 0 Å². The number of hydrogen-bond acceptors (Lipinski definition) is 4. The molecule has 4 heteroatoms. The number of methoxy groups -OCH3 is 1. The molecular weight excluding hydrogens is 304 g/mol. The largest absolute Gasteiger partial charge is 0.504 e. The van der Waals surface area contributed by atoms with Crippen molar-refractivity contribution < 1.29 is 19.0 Å². The number of carbonyl (C=O) groups is 1. The molecule has 0 fully saturated rings. The standard InChI is InChI=1S/C20H22O4/c1-14-9-10-15(2)19(11-14)23-13-17-7-5-6-8-18(17)24-20(21)16(3)12-22-4/h5-6,8-13H,7H2,1-4H3/b16-12+,17-13+. The minimum atomic E-state index is -0.448. The molecule has 0 N–H and O–H groups in total. The summed E-state index contributed by atoms with van der Waals surface area (Å²) < 4.78 is 16.1. The average molecular weight is 326 g/mol. The van der Waals surface area contributed by atoms with Crippen molar-refractivity contribution in [2.45, 2.75) is 27.2 Å². The van der Waals surface area contributed by atoms with Gasteiger partial charge in [-0.25, -0.2) is 4.79 Å². The van der Waals surface area contributed by atoms with Crippen LogP contribution >= 0.6 is 0 Å². The van der Waals surface area contributed by atoms with Gasteiger partial charge in [0.15, 0.2) is 0 Å². The molecule has 4 nitrogen and oxygen atoms in total. The van der Waals surface area contributed by atoms with Gasteiger partial charge < -0.3 is 14.2 Å². The molecule has 0 saturated heterocycles. The second kappa shape index (κ2) is 8.20. The van der Waals surface area contributed by atoms with Crippen LogP contribution in [-0.2, 0) is 14.3 Å². The maximum absolute atomic E-state index is 12.0. The number of aryl methyl sites for hydroxylation is 2. The van der Waals surface area contributed by atoms with Crippen molar-refractivity contribution in [2.24, 2.45) is 0 Å². The number of allylic oxidation sites excluding steroid dienone is 4. The van der Waals surface area contributed by atoms with Gasteiger partial charge in [0, 0.05) is 5.57 Å². The molecule has 1 aliphatic carbocycles. The molecule has 0 aromatic heterocycles. The van der Waals surface area contributed by atoms with Crippen LogP contribution in [0.25, 0.3) is 0 Å². The lowest BCUT2D eigenvalue weighted by Crippen LogP contribution is -2.09. The van der Waals surface area contributed by atoms with Crippen LogP contribution in [0.2, 0.25) is 0 Å². The normalized spacial score (nSPS) is 15.9. The molecule has 0 saturated carbocycles. The first kappa shape index (κ1) is 17.6. The maximum atomic E-state index is 12.0. The Labute approximate surface area is 142 Å². The van der Waals surface area contributed by atoms with E-state index in [4.69, 9.17) is 14.2 Å². The van der Waals surface area contributed by atoms with E-state index in [9.17, 15) is 4.79 Å². The molecule has 0 aliphatic heterocycles. The highest BCUT2D eigenvalue weighted by Gasteiger charge is 2.15. The Balaban J connectivity index is 2.15. The third kappa shape index (κ3) is 4.62. The second-order valence-corrected chi connectivity index (χ2v) is 5.62. The van der Waals surface area contributed by atoms with E-state index in [0.717, 1.165) is 22.4 Å². The predicted octanol–water partition coefficient (Wildman–Crippen LogP) is 4.50. The smallest absolute Gasteiger partial charge is 0.342 e. The second-order valence-electron chi connectivity index (χ2n) is 5.62. The maximum Gasteiger partial charge on any atom is 0.342 e. The fraction of sp³-hybridized carbons (Fsp3) is 0.250. The highest BCUT2D eigenvalue weighted by atomic mass is 16.5. The van der Waals surface area contributed by atoms with Crippen molar-refractivity contribution in [3.63, 3.8) is 0 Å². The van der Waals surface area contributed by atoms with Crippen LogP contribution in [0, 0.1) is 13.8 Å². The molecular formula is C20H22O4. The summed E-state index contributed by atoms with van der Waals surface area (Å²) in [4.78, 5) is 12.0. The number of ether oxygens (including phenoxy) is 3. The van der Waals surface area contributed by atoms with Crippen molar-refractivity contribution in [1.29, 1.82) is 0 Å². The van der Waals surface area contributed by atoms with Crippen LogP contribution in [0.5, 0.6) is 5.75 Å². The van der Waals surface area contributed by atoms with E-state index in [2.05, 4.69) is 0 Å². The van der Waals surface area contributed by atoms with Crippen molar-refractivity contribution in [1.82, 2.24) is 0 Å². The van der Waals surface area contributed by atoms with Gasteiger partial charge in [-0.3, -0.25) is 0 Å². The lowest BCUT2D eigenvalue weighted by Gasteiger charge is -2.14. The fourth-order valence-electron chi connectivity index (χ4n) is 2.14. The molecule has 0 amide bonds. The van der Waals surface area contributed by atoms with Gasteiger partial charge in [0.2, 0.25) is 0 Å². The molecule has 24 heavy (non-hydrogen) atoms. The fourth-order valence-corrected chi connectivity index (χ4v) is 2.14. The van der Waals surface area contributed by atoms with Crippen LogP contribution in [0.1, 0.15) is 24.5 Å². The molecule has 2 rings (SSSR count). The minimum absolute atomic E-state index is 0.391. The van der Waals surface area contributed by atoms with E-state index < -0.39 is 5.97 Å². The summed E-state index contributed by atoms with van der Waals surface area (Å²) in [5.41, 5.74) is 3.37. The molecule has 0 spiro atoms. The highest BCUT2D eigenvalue weighted by Crippen LogP contribution is 2.25. The number of esters is 1. The summed E-state index contributed by atoms with van der Waals surface area (Å²) in [6.45, 7) is 5.64. The Kier molecular flexibility index (Phi) is 6.01. The number of rotatable bonds is 5. The lowest BCUT2D eigenvalue weighted by molar-refractivity contribution is -0.134. The van der Waals surface area contributed by atoms with Gasteiger partial charge in [0.05, 0.1) is 25.2 Å². The van der Waals surface area contributed by atoms with E-state index in [0.29, 0.717) is 17.8 Å². The molecule has 1 aromatic rings. The first-order valence-electron chi connectivity index (χ1n) is 7.73. The van der Waals surface area contributed by atoms with Gasteiger partial charge in [0.25, 0.3) is 0 Å². The van der Waals surface area contributed by atoms with E-state index in [1.54, 1.807) is 19.3 Å². The topological polar surface area (TPSA) is 44.8 Å². The average Bonchev–Trinajstić information content (AvgIpc) is 2.57. The summed E-state index contributed by atoms with van der Waals surface area (Å²) >= 11 is 0. The lowest BCUT2D eigenvalue weighted by atomic mass is 10.1. The first-order valence-corrected chi connectivity index (χ1v) is 7.73. The van der Waals surface area contributed by atoms with Crippen molar-refractivity contribution in [2.75, 3.05) is 7.11 Å². The summed E-state index contributed by atoms with van der Waals surface area (Å²) in [5, 5.41) is 0. The Morgan fingerprint density at radius 3 is 2.79 bits per heavy atom. The molecule has 0 radical (unpaired) electrons. The third-order valence-corrected chi connectivity index (χ3v) is 3.53. The van der Waals surface area contributed by atoms with E-state index in [1.807, 2.05) is 44.2 Å². The third-order valence-electron chi connectivity index (χ3n) is 3.53. The van der Waals surface area contributed by atoms with Crippen LogP contribution < -0.4 is 4.74 Å². The Hall–Kier alpha value is -2.75. The molecule has 0 atom stereocenters. The first-order chi connectivity index (χ1) is 11.5. The Morgan fingerprint density at radius 2 is 2.04 bits per heavy atom. The summed E-state index contributed by atoms with van der Waals surface area (Å²) in [6, 6.07) is 6.03. The van der Waals surface area contributed by atoms with Crippen molar-refractivity contribution >= 4 is 5.97 Å². The molecule has 0 heterocycles. The SMILES string of the molecule is CO/C=C(\C)C(=O)OC1=CC=CC/C1=C\Oc1cc(C)ccc1C. The summed E-state index contributed by atoms with van der Waals surface area (Å²) in [5.74, 6) is 0.825. The van der Waals surface area contributed by atoms with Crippen molar-refractivity contribution in [3.8, 4) is 5.75 Å². The quantitative estimate of drug-likeness (QED) is 0.454. The summed E-state index contributed by atoms with van der Waals surface area (Å²) in [6.07, 6.45) is 9.22. The van der Waals surface area contributed by atoms with Crippen LogP contribution in [0.15, 0.2) is 65.9 Å². The van der Waals surface area contributed by atoms with Gasteiger partial charge in [-0.2, -0.15) is 0 Å². The number of benzene rings is 1. The minimum Gasteiger partial charge on any atom is -0.504 e. The Bertz CT molecular complexity index is 736. The van der Waals surface area contributed by atoms with Crippen LogP contribution in [0.4, 0.5) is 0 Å². The van der Waals surface area contributed by atoms with Gasteiger partial charge in [-0.05, 0) is 50.5 Å². The summed E-state index contributed by atoms with van der Waals surface area (Å²) in [7, 11) is 1.49. The zero-order valence-electron chi connectivity index (χ0n) is 14.5. The molecule has 0 bridgehead atoms. The van der Waals surface area contributed by atoms with Gasteiger partial charge >= 0.3 is 5.97 Å². The van der Waals surface area contributed by atoms with Gasteiger partial charge in [-0.15, -0.1) is 0 Å². The number of hydrogen-bond donors (Lipinski definition) is 0. The zero-order valence-corrected chi connectivity index (χ0v) is 14.5. The van der Waals surface area contributed by atoms with E-state index in [-0.39, 0.29) is 0 Å². The van der Waals surface area contributed by atoms with Crippen LogP contribution in [0.3, 0.4) is 0 Å². The molecule has 1 aromatic carbocycles. The molecule has 0 unspecified atom stereocenters. The zero-order chi connectivity index (χ0) is 17.5. The van der Waals surface area contributed by atoms with Gasteiger partial charge in [0.1, 0.15) is 11.5 Å². The molecule has 1 aliphatic rings. The Morgan fingerprint density at radius 1 is 1.25 bits per heavy atom. The predicted molar refractivity (Wildman–Crippen MR) is 93.3 cm³/mol. The number of carbonyl (C=O) groups excluding carboxylic acids is 1. The monoisotopic (exact) mass is 326 g/mol. The van der Waals surface area contributed by atoms with Crippen LogP contribution in [-0.4, -0.2) is 13.1 Å².